The van der Waals surface area contributed by atoms with Gasteiger partial charge >= 0.3 is 0 Å². The Hall–Kier alpha value is -1.16. The molecule has 2 rings (SSSR count). The highest BCUT2D eigenvalue weighted by atomic mass is 35.5. The smallest absolute Gasteiger partial charge is 0.182 e. The fourth-order valence-electron chi connectivity index (χ4n) is 1.61. The van der Waals surface area contributed by atoms with Gasteiger partial charge in [-0.1, -0.05) is 20.8 Å². The Labute approximate surface area is 106 Å². The van der Waals surface area contributed by atoms with Crippen LogP contribution in [0.25, 0.3) is 5.65 Å². The van der Waals surface area contributed by atoms with Crippen molar-refractivity contribution in [3.8, 4) is 0 Å². The normalized spacial score (nSPS) is 14.2. The van der Waals surface area contributed by atoms with Crippen LogP contribution in [0.2, 0.25) is 0 Å². The Morgan fingerprint density at radius 1 is 1.35 bits per heavy atom. The molecule has 0 fully saturated rings. The van der Waals surface area contributed by atoms with Gasteiger partial charge in [0.05, 0.1) is 5.69 Å². The van der Waals surface area contributed by atoms with E-state index in [1.165, 1.54) is 0 Å². The standard InChI is InChI=1S/C12H17ClN4/c1-8-15-16-11-9(14-5-6-17(8)11)7-10(13)12(2,3)4/h5-6,10H,7H2,1-4H3. The van der Waals surface area contributed by atoms with Crippen LogP contribution in [0.1, 0.15) is 32.3 Å². The molecule has 92 valence electrons. The summed E-state index contributed by atoms with van der Waals surface area (Å²) in [5.41, 5.74) is 1.76. The quantitative estimate of drug-likeness (QED) is 0.772. The largest absolute Gasteiger partial charge is 0.284 e. The van der Waals surface area contributed by atoms with Gasteiger partial charge in [0.2, 0.25) is 0 Å². The van der Waals surface area contributed by atoms with E-state index in [0.29, 0.717) is 6.42 Å². The number of hydrogen-bond acceptors (Lipinski definition) is 3. The molecule has 1 atom stereocenters. The molecule has 0 amide bonds. The third-order valence-electron chi connectivity index (χ3n) is 2.88. The molecular formula is C12H17ClN4. The van der Waals surface area contributed by atoms with Crippen LogP contribution in [0.3, 0.4) is 0 Å². The number of aromatic nitrogens is 4. The average molecular weight is 253 g/mol. The SMILES string of the molecule is Cc1nnc2c(CC(Cl)C(C)(C)C)nccn12. The number of aryl methyl sites for hydroxylation is 1. The molecule has 0 radical (unpaired) electrons. The maximum absolute atomic E-state index is 6.40. The van der Waals surface area contributed by atoms with Gasteiger partial charge in [0.1, 0.15) is 5.82 Å². The van der Waals surface area contributed by atoms with Crippen LogP contribution in [0, 0.1) is 12.3 Å². The van der Waals surface area contributed by atoms with E-state index in [-0.39, 0.29) is 10.8 Å². The minimum Gasteiger partial charge on any atom is -0.284 e. The van der Waals surface area contributed by atoms with E-state index in [0.717, 1.165) is 17.2 Å². The predicted molar refractivity (Wildman–Crippen MR) is 68.3 cm³/mol. The van der Waals surface area contributed by atoms with E-state index < -0.39 is 0 Å². The zero-order chi connectivity index (χ0) is 12.6. The second kappa shape index (κ2) is 4.26. The number of hydrogen-bond donors (Lipinski definition) is 0. The highest BCUT2D eigenvalue weighted by Gasteiger charge is 2.24. The zero-order valence-electron chi connectivity index (χ0n) is 10.6. The Morgan fingerprint density at radius 2 is 2.06 bits per heavy atom. The Bertz CT molecular complexity index is 527. The molecule has 4 nitrogen and oxygen atoms in total. The molecule has 0 aromatic carbocycles. The van der Waals surface area contributed by atoms with Crippen LogP contribution in [0.5, 0.6) is 0 Å². The Morgan fingerprint density at radius 3 is 2.71 bits per heavy atom. The van der Waals surface area contributed by atoms with Crippen molar-refractivity contribution >= 4 is 17.2 Å². The summed E-state index contributed by atoms with van der Waals surface area (Å²) in [6, 6.07) is 0. The summed E-state index contributed by atoms with van der Waals surface area (Å²) in [7, 11) is 0. The lowest BCUT2D eigenvalue weighted by Crippen LogP contribution is -2.23. The minimum atomic E-state index is 0.0261. The van der Waals surface area contributed by atoms with E-state index in [2.05, 4.69) is 36.0 Å². The maximum Gasteiger partial charge on any atom is 0.182 e. The molecule has 2 heterocycles. The van der Waals surface area contributed by atoms with Crippen LogP contribution in [0.4, 0.5) is 0 Å². The molecule has 0 aliphatic carbocycles. The predicted octanol–water partition coefficient (Wildman–Crippen LogP) is 2.63. The number of alkyl halides is 1. The van der Waals surface area contributed by atoms with Crippen molar-refractivity contribution in [2.45, 2.75) is 39.5 Å². The number of fused-ring (bicyclic) bond motifs is 1. The Balaban J connectivity index is 2.37. The molecule has 0 saturated heterocycles. The fourth-order valence-corrected chi connectivity index (χ4v) is 1.76. The molecule has 0 N–H and O–H groups in total. The Kier molecular flexibility index (Phi) is 3.08. The van der Waals surface area contributed by atoms with Gasteiger partial charge in [-0.25, -0.2) is 0 Å². The second-order valence-electron chi connectivity index (χ2n) is 5.35. The van der Waals surface area contributed by atoms with Crippen molar-refractivity contribution in [1.29, 1.82) is 0 Å². The topological polar surface area (TPSA) is 43.1 Å². The zero-order valence-corrected chi connectivity index (χ0v) is 11.4. The van der Waals surface area contributed by atoms with Crippen LogP contribution < -0.4 is 0 Å². The first-order valence-electron chi connectivity index (χ1n) is 5.69. The summed E-state index contributed by atoms with van der Waals surface area (Å²) in [5.74, 6) is 0.866. The first-order valence-corrected chi connectivity index (χ1v) is 6.12. The summed E-state index contributed by atoms with van der Waals surface area (Å²) in [4.78, 5) is 4.37. The molecule has 0 aliphatic heterocycles. The molecule has 17 heavy (non-hydrogen) atoms. The van der Waals surface area contributed by atoms with Crippen molar-refractivity contribution in [2.24, 2.45) is 5.41 Å². The lowest BCUT2D eigenvalue weighted by atomic mass is 9.89. The third-order valence-corrected chi connectivity index (χ3v) is 3.69. The van der Waals surface area contributed by atoms with Gasteiger partial charge in [-0.2, -0.15) is 0 Å². The van der Waals surface area contributed by atoms with Crippen molar-refractivity contribution < 1.29 is 0 Å². The number of halogens is 1. The van der Waals surface area contributed by atoms with Crippen LogP contribution in [-0.4, -0.2) is 25.0 Å². The highest BCUT2D eigenvalue weighted by Crippen LogP contribution is 2.27. The molecule has 5 heteroatoms. The molecule has 2 aromatic rings. The fraction of sp³-hybridized carbons (Fsp3) is 0.583. The molecule has 0 saturated carbocycles. The molecule has 0 bridgehead atoms. The van der Waals surface area contributed by atoms with Crippen molar-refractivity contribution in [3.05, 3.63) is 23.9 Å². The lowest BCUT2D eigenvalue weighted by Gasteiger charge is -2.24. The maximum atomic E-state index is 6.40. The lowest BCUT2D eigenvalue weighted by molar-refractivity contribution is 0.385. The van der Waals surface area contributed by atoms with Crippen molar-refractivity contribution in [1.82, 2.24) is 19.6 Å². The monoisotopic (exact) mass is 252 g/mol. The van der Waals surface area contributed by atoms with Crippen LogP contribution in [0.15, 0.2) is 12.4 Å². The van der Waals surface area contributed by atoms with Crippen LogP contribution >= 0.6 is 11.6 Å². The highest BCUT2D eigenvalue weighted by molar-refractivity contribution is 6.21. The summed E-state index contributed by atoms with van der Waals surface area (Å²) >= 11 is 6.40. The average Bonchev–Trinajstić information content (AvgIpc) is 2.60. The molecule has 0 spiro atoms. The van der Waals surface area contributed by atoms with Gasteiger partial charge in [-0.05, 0) is 12.3 Å². The summed E-state index contributed by atoms with van der Waals surface area (Å²) in [6.45, 7) is 8.30. The van der Waals surface area contributed by atoms with E-state index in [1.54, 1.807) is 6.20 Å². The van der Waals surface area contributed by atoms with Crippen molar-refractivity contribution in [3.63, 3.8) is 0 Å². The number of rotatable bonds is 2. The van der Waals surface area contributed by atoms with E-state index in [1.807, 2.05) is 17.5 Å². The van der Waals surface area contributed by atoms with Gasteiger partial charge < -0.3 is 0 Å². The van der Waals surface area contributed by atoms with Crippen molar-refractivity contribution in [2.75, 3.05) is 0 Å². The third kappa shape index (κ3) is 2.41. The second-order valence-corrected chi connectivity index (χ2v) is 5.88. The van der Waals surface area contributed by atoms with E-state index >= 15 is 0 Å². The van der Waals surface area contributed by atoms with Gasteiger partial charge in [0, 0.05) is 24.2 Å². The van der Waals surface area contributed by atoms with Gasteiger partial charge in [-0.3, -0.25) is 9.38 Å². The van der Waals surface area contributed by atoms with Gasteiger partial charge in [0.15, 0.2) is 5.65 Å². The molecular weight excluding hydrogens is 236 g/mol. The summed E-state index contributed by atoms with van der Waals surface area (Å²) in [5, 5.41) is 8.23. The summed E-state index contributed by atoms with van der Waals surface area (Å²) < 4.78 is 1.94. The molecule has 0 aliphatic rings. The van der Waals surface area contributed by atoms with Gasteiger partial charge in [-0.15, -0.1) is 21.8 Å². The molecule has 1 unspecified atom stereocenters. The molecule has 2 aromatic heterocycles. The van der Waals surface area contributed by atoms with Gasteiger partial charge in [0.25, 0.3) is 0 Å². The summed E-state index contributed by atoms with van der Waals surface area (Å²) in [6.07, 6.45) is 4.34. The van der Waals surface area contributed by atoms with Crippen LogP contribution in [-0.2, 0) is 6.42 Å². The van der Waals surface area contributed by atoms with E-state index in [4.69, 9.17) is 11.6 Å². The number of nitrogens with zero attached hydrogens (tertiary/aromatic N) is 4. The minimum absolute atomic E-state index is 0.0261. The first-order chi connectivity index (χ1) is 7.89. The van der Waals surface area contributed by atoms with E-state index in [9.17, 15) is 0 Å². The first kappa shape index (κ1) is 12.3.